The highest BCUT2D eigenvalue weighted by atomic mass is 35.5. The number of piperazine rings is 1. The van der Waals surface area contributed by atoms with E-state index in [4.69, 9.17) is 23.8 Å². The number of benzene rings is 1. The van der Waals surface area contributed by atoms with Gasteiger partial charge in [0.1, 0.15) is 4.21 Å². The van der Waals surface area contributed by atoms with Gasteiger partial charge in [-0.1, -0.05) is 35.1 Å². The predicted molar refractivity (Wildman–Crippen MR) is 119 cm³/mol. The fourth-order valence-corrected chi connectivity index (χ4v) is 7.87. The van der Waals surface area contributed by atoms with Crippen molar-refractivity contribution < 1.29 is 8.42 Å². The molecule has 4 heterocycles. The molecule has 0 spiro atoms. The average molecular weight is 486 g/mol. The Labute approximate surface area is 185 Å². The zero-order chi connectivity index (χ0) is 20.2. The summed E-state index contributed by atoms with van der Waals surface area (Å²) in [5.41, 5.74) is 1.06. The van der Waals surface area contributed by atoms with Crippen LogP contribution in [0.2, 0.25) is 4.34 Å². The topological polar surface area (TPSA) is 62.9 Å². The van der Waals surface area contributed by atoms with Crippen molar-refractivity contribution in [2.75, 3.05) is 26.2 Å². The fraction of sp³-hybridized carbons (Fsp3) is 0.294. The summed E-state index contributed by atoms with van der Waals surface area (Å²) in [7, 11) is -3.49. The lowest BCUT2D eigenvalue weighted by Crippen LogP contribution is -2.48. The minimum absolute atomic E-state index is 0.291. The smallest absolute Gasteiger partial charge is 0.252 e. The molecule has 1 aromatic carbocycles. The summed E-state index contributed by atoms with van der Waals surface area (Å²) >= 11 is 14.3. The van der Waals surface area contributed by atoms with Crippen molar-refractivity contribution in [3.05, 3.63) is 45.5 Å². The molecular weight excluding hydrogens is 470 g/mol. The molecule has 0 radical (unpaired) electrons. The summed E-state index contributed by atoms with van der Waals surface area (Å²) < 4.78 is 33.4. The molecule has 0 N–H and O–H groups in total. The Morgan fingerprint density at radius 3 is 2.55 bits per heavy atom. The van der Waals surface area contributed by atoms with Crippen LogP contribution in [-0.2, 0) is 16.7 Å². The largest absolute Gasteiger partial charge is 0.282 e. The molecule has 0 unspecified atom stereocenters. The van der Waals surface area contributed by atoms with Gasteiger partial charge in [0.05, 0.1) is 21.2 Å². The van der Waals surface area contributed by atoms with Gasteiger partial charge in [-0.3, -0.25) is 9.30 Å². The Kier molecular flexibility index (Phi) is 5.01. The van der Waals surface area contributed by atoms with E-state index >= 15 is 0 Å². The lowest BCUT2D eigenvalue weighted by atomic mass is 10.3. The molecule has 7 nitrogen and oxygen atoms in total. The van der Waals surface area contributed by atoms with Gasteiger partial charge in [0.2, 0.25) is 9.73 Å². The molecular formula is C17H16ClN5O2S4. The van der Waals surface area contributed by atoms with Crippen molar-refractivity contribution >= 4 is 71.7 Å². The molecule has 0 amide bonds. The minimum Gasteiger partial charge on any atom is -0.282 e. The maximum Gasteiger partial charge on any atom is 0.252 e. The number of sulfonamides is 1. The molecule has 5 rings (SSSR count). The highest BCUT2D eigenvalue weighted by molar-refractivity contribution is 7.91. The molecule has 0 aliphatic carbocycles. The summed E-state index contributed by atoms with van der Waals surface area (Å²) in [4.78, 5) is 3.04. The van der Waals surface area contributed by atoms with Crippen LogP contribution in [0.25, 0.3) is 15.2 Å². The molecule has 0 bridgehead atoms. The van der Waals surface area contributed by atoms with Crippen LogP contribution in [0.3, 0.4) is 0 Å². The van der Waals surface area contributed by atoms with E-state index in [-0.39, 0.29) is 0 Å². The lowest BCUT2D eigenvalue weighted by molar-refractivity contribution is 0.145. The first kappa shape index (κ1) is 19.6. The molecule has 29 heavy (non-hydrogen) atoms. The van der Waals surface area contributed by atoms with E-state index in [9.17, 15) is 8.42 Å². The fourth-order valence-electron chi connectivity index (χ4n) is 3.44. The quantitative estimate of drug-likeness (QED) is 0.412. The third-order valence-electron chi connectivity index (χ3n) is 4.92. The van der Waals surface area contributed by atoms with E-state index in [1.54, 1.807) is 23.5 Å². The number of aromatic nitrogens is 3. The van der Waals surface area contributed by atoms with Gasteiger partial charge in [-0.25, -0.2) is 13.1 Å². The number of para-hydroxylation sites is 1. The van der Waals surface area contributed by atoms with Crippen LogP contribution in [0, 0.1) is 4.77 Å². The van der Waals surface area contributed by atoms with Crippen LogP contribution in [0.1, 0.15) is 0 Å². The molecule has 152 valence electrons. The van der Waals surface area contributed by atoms with Gasteiger partial charge in [-0.2, -0.15) is 4.31 Å². The maximum absolute atomic E-state index is 12.7. The Bertz CT molecular complexity index is 1360. The van der Waals surface area contributed by atoms with Gasteiger partial charge < -0.3 is 0 Å². The first-order valence-corrected chi connectivity index (χ1v) is 12.7. The monoisotopic (exact) mass is 485 g/mol. The number of thiophene rings is 1. The van der Waals surface area contributed by atoms with Crippen LogP contribution in [0.15, 0.2) is 40.6 Å². The third-order valence-corrected chi connectivity index (χ3v) is 9.93. The van der Waals surface area contributed by atoms with Crippen molar-refractivity contribution in [3.8, 4) is 0 Å². The highest BCUT2D eigenvalue weighted by Crippen LogP contribution is 2.29. The summed E-state index contributed by atoms with van der Waals surface area (Å²) in [5, 5.41) is 4.67. The van der Waals surface area contributed by atoms with E-state index in [1.165, 1.54) is 4.31 Å². The van der Waals surface area contributed by atoms with E-state index in [1.807, 2.05) is 27.3 Å². The van der Waals surface area contributed by atoms with Crippen molar-refractivity contribution in [3.63, 3.8) is 0 Å². The van der Waals surface area contributed by atoms with E-state index in [0.717, 1.165) is 26.5 Å². The van der Waals surface area contributed by atoms with Gasteiger partial charge in [0.25, 0.3) is 10.0 Å². The van der Waals surface area contributed by atoms with Gasteiger partial charge in [-0.05, 0) is 36.5 Å². The number of thiazole rings is 1. The van der Waals surface area contributed by atoms with Crippen LogP contribution >= 0.6 is 46.5 Å². The molecule has 1 fully saturated rings. The summed E-state index contributed by atoms with van der Waals surface area (Å²) in [6.07, 6.45) is 0. The van der Waals surface area contributed by atoms with E-state index in [0.29, 0.717) is 46.2 Å². The lowest BCUT2D eigenvalue weighted by Gasteiger charge is -2.33. The summed E-state index contributed by atoms with van der Waals surface area (Å²) in [5.74, 6) is 0. The number of hydrogen-bond acceptors (Lipinski definition) is 7. The van der Waals surface area contributed by atoms with Crippen LogP contribution in [0.5, 0.6) is 0 Å². The average Bonchev–Trinajstić information content (AvgIpc) is 3.38. The molecule has 1 aliphatic rings. The zero-order valence-electron chi connectivity index (χ0n) is 15.1. The molecule has 4 aromatic rings. The Hall–Kier alpha value is -1.34. The number of hydrogen-bond donors (Lipinski definition) is 0. The first-order chi connectivity index (χ1) is 13.9. The van der Waals surface area contributed by atoms with Crippen molar-refractivity contribution in [2.45, 2.75) is 10.9 Å². The highest BCUT2D eigenvalue weighted by Gasteiger charge is 2.30. The Morgan fingerprint density at radius 2 is 1.83 bits per heavy atom. The van der Waals surface area contributed by atoms with Gasteiger partial charge in [0.15, 0.2) is 0 Å². The third kappa shape index (κ3) is 3.44. The van der Waals surface area contributed by atoms with Gasteiger partial charge in [-0.15, -0.1) is 16.4 Å². The van der Waals surface area contributed by atoms with Crippen molar-refractivity contribution in [2.24, 2.45) is 0 Å². The second-order valence-corrected chi connectivity index (χ2v) is 11.9. The molecule has 3 aromatic heterocycles. The van der Waals surface area contributed by atoms with Gasteiger partial charge in [0, 0.05) is 26.2 Å². The molecule has 0 saturated carbocycles. The number of rotatable bonds is 4. The molecule has 0 atom stereocenters. The number of halogens is 1. The molecule has 12 heteroatoms. The first-order valence-electron chi connectivity index (χ1n) is 8.88. The predicted octanol–water partition coefficient (Wildman–Crippen LogP) is 3.76. The van der Waals surface area contributed by atoms with Crippen molar-refractivity contribution in [1.29, 1.82) is 0 Å². The van der Waals surface area contributed by atoms with Crippen molar-refractivity contribution in [1.82, 2.24) is 23.4 Å². The van der Waals surface area contributed by atoms with Crippen LogP contribution < -0.4 is 0 Å². The second-order valence-electron chi connectivity index (χ2n) is 6.69. The van der Waals surface area contributed by atoms with Gasteiger partial charge >= 0.3 is 0 Å². The van der Waals surface area contributed by atoms with E-state index < -0.39 is 10.0 Å². The molecule has 1 aliphatic heterocycles. The van der Waals surface area contributed by atoms with Crippen LogP contribution in [0.4, 0.5) is 0 Å². The zero-order valence-corrected chi connectivity index (χ0v) is 19.1. The second kappa shape index (κ2) is 7.41. The Morgan fingerprint density at radius 1 is 1.07 bits per heavy atom. The maximum atomic E-state index is 12.7. The SMILES string of the molecule is O=S(=O)(c1ccc(Cl)s1)N1CCN(Cn2nc3sc4ccccc4n3c2=S)CC1. The standard InChI is InChI=1S/C17H16ClN5O2S4/c18-14-5-6-15(28-14)29(24,25)21-9-7-20(8-10-21)11-22-17(26)23-12-3-1-2-4-13(12)27-16(23)19-22/h1-6H,7-11H2. The minimum atomic E-state index is -3.49. The number of fused-ring (bicyclic) bond motifs is 3. The number of nitrogens with zero attached hydrogens (tertiary/aromatic N) is 5. The molecule has 1 saturated heterocycles. The Balaban J connectivity index is 1.32. The summed E-state index contributed by atoms with van der Waals surface area (Å²) in [6, 6.07) is 11.3. The normalized spacial score (nSPS) is 16.9. The van der Waals surface area contributed by atoms with E-state index in [2.05, 4.69) is 16.1 Å². The van der Waals surface area contributed by atoms with Crippen LogP contribution in [-0.4, -0.2) is 58.0 Å². The summed E-state index contributed by atoms with van der Waals surface area (Å²) in [6.45, 7) is 2.63.